The molecule has 0 saturated carbocycles. The molecule has 0 unspecified atom stereocenters. The van der Waals surface area contributed by atoms with Crippen LogP contribution in [0.5, 0.6) is 5.75 Å². The first-order valence-electron chi connectivity index (χ1n) is 4.34. The molecule has 14 heavy (non-hydrogen) atoms. The molecule has 72 valence electrons. The molecule has 2 nitrogen and oxygen atoms in total. The van der Waals surface area contributed by atoms with Crippen LogP contribution in [0.3, 0.4) is 0 Å². The van der Waals surface area contributed by atoms with Crippen molar-refractivity contribution in [1.82, 2.24) is 0 Å². The highest BCUT2D eigenvalue weighted by atomic mass is 32.1. The maximum atomic E-state index is 9.60. The molecule has 0 aliphatic heterocycles. The largest absolute Gasteiger partial charge is 0.508 e. The number of nitrogens with two attached hydrogens (primary N) is 1. The van der Waals surface area contributed by atoms with E-state index in [-0.39, 0.29) is 11.8 Å². The maximum absolute atomic E-state index is 9.60. The second-order valence-electron chi connectivity index (χ2n) is 3.09. The zero-order chi connectivity index (χ0) is 9.97. The Labute approximate surface area is 86.6 Å². The molecule has 1 aromatic heterocycles. The zero-order valence-electron chi connectivity index (χ0n) is 7.55. The lowest BCUT2D eigenvalue weighted by atomic mass is 10.0. The minimum absolute atomic E-state index is 0.234. The Balaban J connectivity index is 2.37. The molecule has 1 atom stereocenters. The summed E-state index contributed by atoms with van der Waals surface area (Å²) in [5.41, 5.74) is 7.82. The number of para-hydroxylation sites is 1. The Bertz CT molecular complexity index is 411. The second-order valence-corrected chi connectivity index (χ2v) is 3.87. The Morgan fingerprint density at radius 1 is 1.21 bits per heavy atom. The van der Waals surface area contributed by atoms with Crippen molar-refractivity contribution in [3.8, 4) is 5.75 Å². The van der Waals surface area contributed by atoms with Crippen LogP contribution in [0.1, 0.15) is 17.2 Å². The summed E-state index contributed by atoms with van der Waals surface area (Å²) in [6.45, 7) is 0. The number of phenols is 1. The summed E-state index contributed by atoms with van der Waals surface area (Å²) in [7, 11) is 0. The van der Waals surface area contributed by atoms with E-state index < -0.39 is 0 Å². The summed E-state index contributed by atoms with van der Waals surface area (Å²) in [6, 6.07) is 8.91. The van der Waals surface area contributed by atoms with E-state index in [0.29, 0.717) is 0 Å². The highest BCUT2D eigenvalue weighted by molar-refractivity contribution is 7.08. The molecule has 0 amide bonds. The molecule has 0 saturated heterocycles. The van der Waals surface area contributed by atoms with Gasteiger partial charge in [-0.25, -0.2) is 0 Å². The topological polar surface area (TPSA) is 46.2 Å². The van der Waals surface area contributed by atoms with E-state index in [1.165, 1.54) is 0 Å². The average Bonchev–Trinajstić information content (AvgIpc) is 2.70. The van der Waals surface area contributed by atoms with Gasteiger partial charge in [0.2, 0.25) is 0 Å². The maximum Gasteiger partial charge on any atom is 0.120 e. The standard InChI is InChI=1S/C11H11NOS/c12-11(8-5-6-14-7-8)9-3-1-2-4-10(9)13/h1-7,11,13H,12H2/t11-/m0/s1. The van der Waals surface area contributed by atoms with Crippen LogP contribution in [-0.4, -0.2) is 5.11 Å². The lowest BCUT2D eigenvalue weighted by molar-refractivity contribution is 0.465. The molecular formula is C11H11NOS. The third-order valence-corrected chi connectivity index (χ3v) is 2.88. The Morgan fingerprint density at radius 2 is 2.00 bits per heavy atom. The van der Waals surface area contributed by atoms with E-state index in [1.807, 2.05) is 29.0 Å². The van der Waals surface area contributed by atoms with E-state index >= 15 is 0 Å². The van der Waals surface area contributed by atoms with Gasteiger partial charge in [0.15, 0.2) is 0 Å². The van der Waals surface area contributed by atoms with E-state index in [9.17, 15) is 5.11 Å². The molecule has 3 N–H and O–H groups in total. The molecule has 0 spiro atoms. The number of hydrogen-bond donors (Lipinski definition) is 2. The van der Waals surface area contributed by atoms with E-state index in [0.717, 1.165) is 11.1 Å². The van der Waals surface area contributed by atoms with Crippen molar-refractivity contribution in [3.63, 3.8) is 0 Å². The molecule has 2 aromatic rings. The summed E-state index contributed by atoms with van der Waals surface area (Å²) in [4.78, 5) is 0. The molecule has 0 radical (unpaired) electrons. The summed E-state index contributed by atoms with van der Waals surface area (Å²) < 4.78 is 0. The molecule has 0 aliphatic carbocycles. The van der Waals surface area contributed by atoms with Crippen molar-refractivity contribution in [2.45, 2.75) is 6.04 Å². The minimum atomic E-state index is -0.234. The van der Waals surface area contributed by atoms with Gasteiger partial charge in [-0.2, -0.15) is 11.3 Å². The van der Waals surface area contributed by atoms with Crippen molar-refractivity contribution < 1.29 is 5.11 Å². The first kappa shape index (κ1) is 9.24. The highest BCUT2D eigenvalue weighted by Gasteiger charge is 2.12. The fourth-order valence-corrected chi connectivity index (χ4v) is 2.08. The Hall–Kier alpha value is -1.32. The molecule has 0 aliphatic rings. The molecule has 3 heteroatoms. The zero-order valence-corrected chi connectivity index (χ0v) is 8.37. The SMILES string of the molecule is N[C@@H](c1ccsc1)c1ccccc1O. The van der Waals surface area contributed by atoms with Gasteiger partial charge in [-0.1, -0.05) is 18.2 Å². The lowest BCUT2D eigenvalue weighted by Gasteiger charge is -2.11. The predicted octanol–water partition coefficient (Wildman–Crippen LogP) is 2.50. The van der Waals surface area contributed by atoms with Gasteiger partial charge in [0.1, 0.15) is 5.75 Å². The first-order valence-corrected chi connectivity index (χ1v) is 5.29. The van der Waals surface area contributed by atoms with Gasteiger partial charge in [0.05, 0.1) is 6.04 Å². The van der Waals surface area contributed by atoms with Crippen molar-refractivity contribution in [2.75, 3.05) is 0 Å². The van der Waals surface area contributed by atoms with Crippen LogP contribution in [0.2, 0.25) is 0 Å². The summed E-state index contributed by atoms with van der Waals surface area (Å²) in [5, 5.41) is 13.6. The fourth-order valence-electron chi connectivity index (χ4n) is 1.38. The third-order valence-electron chi connectivity index (χ3n) is 2.17. The molecule has 1 aromatic carbocycles. The van der Waals surface area contributed by atoms with Crippen LogP contribution in [0.15, 0.2) is 41.1 Å². The second kappa shape index (κ2) is 3.82. The summed E-state index contributed by atoms with van der Waals surface area (Å²) in [5.74, 6) is 0.256. The normalized spacial score (nSPS) is 12.6. The highest BCUT2D eigenvalue weighted by Crippen LogP contribution is 2.27. The van der Waals surface area contributed by atoms with Gasteiger partial charge in [-0.3, -0.25) is 0 Å². The predicted molar refractivity (Wildman–Crippen MR) is 58.5 cm³/mol. The van der Waals surface area contributed by atoms with Crippen LogP contribution in [0.4, 0.5) is 0 Å². The van der Waals surface area contributed by atoms with E-state index in [2.05, 4.69) is 0 Å². The number of thiophene rings is 1. The number of hydrogen-bond acceptors (Lipinski definition) is 3. The number of benzene rings is 1. The number of rotatable bonds is 2. The Kier molecular flexibility index (Phi) is 2.52. The van der Waals surface area contributed by atoms with Crippen LogP contribution in [0, 0.1) is 0 Å². The van der Waals surface area contributed by atoms with Crippen molar-refractivity contribution in [1.29, 1.82) is 0 Å². The van der Waals surface area contributed by atoms with Gasteiger partial charge in [-0.05, 0) is 28.5 Å². The van der Waals surface area contributed by atoms with Crippen molar-refractivity contribution in [2.24, 2.45) is 5.73 Å². The van der Waals surface area contributed by atoms with Crippen LogP contribution >= 0.6 is 11.3 Å². The lowest BCUT2D eigenvalue weighted by Crippen LogP contribution is -2.10. The van der Waals surface area contributed by atoms with Gasteiger partial charge in [0.25, 0.3) is 0 Å². The van der Waals surface area contributed by atoms with E-state index in [4.69, 9.17) is 5.73 Å². The van der Waals surface area contributed by atoms with Gasteiger partial charge in [0, 0.05) is 5.56 Å². The van der Waals surface area contributed by atoms with Crippen LogP contribution in [0.25, 0.3) is 0 Å². The van der Waals surface area contributed by atoms with Crippen molar-refractivity contribution in [3.05, 3.63) is 52.2 Å². The van der Waals surface area contributed by atoms with Crippen LogP contribution < -0.4 is 5.73 Å². The van der Waals surface area contributed by atoms with Gasteiger partial charge < -0.3 is 10.8 Å². The first-order chi connectivity index (χ1) is 6.79. The monoisotopic (exact) mass is 205 g/mol. The molecule has 0 fully saturated rings. The quantitative estimate of drug-likeness (QED) is 0.791. The summed E-state index contributed by atoms with van der Waals surface area (Å²) >= 11 is 1.61. The number of aromatic hydroxyl groups is 1. The number of phenolic OH excluding ortho intramolecular Hbond substituents is 1. The fraction of sp³-hybridized carbons (Fsp3) is 0.0909. The molecular weight excluding hydrogens is 194 g/mol. The third kappa shape index (κ3) is 1.64. The minimum Gasteiger partial charge on any atom is -0.508 e. The molecule has 0 bridgehead atoms. The van der Waals surface area contributed by atoms with Gasteiger partial charge >= 0.3 is 0 Å². The Morgan fingerprint density at radius 3 is 2.64 bits per heavy atom. The smallest absolute Gasteiger partial charge is 0.120 e. The molecule has 1 heterocycles. The van der Waals surface area contributed by atoms with Gasteiger partial charge in [-0.15, -0.1) is 0 Å². The molecule has 2 rings (SSSR count). The van der Waals surface area contributed by atoms with Crippen LogP contribution in [-0.2, 0) is 0 Å². The average molecular weight is 205 g/mol. The van der Waals surface area contributed by atoms with E-state index in [1.54, 1.807) is 23.5 Å². The summed E-state index contributed by atoms with van der Waals surface area (Å²) in [6.07, 6.45) is 0. The van der Waals surface area contributed by atoms with Crippen molar-refractivity contribution >= 4 is 11.3 Å².